The van der Waals surface area contributed by atoms with Crippen molar-refractivity contribution >= 4 is 12.6 Å². The van der Waals surface area contributed by atoms with E-state index in [9.17, 15) is 8.78 Å². The molecule has 0 heterocycles. The zero-order valence-corrected chi connectivity index (χ0v) is 7.19. The van der Waals surface area contributed by atoms with Gasteiger partial charge in [-0.15, -0.1) is 0 Å². The Bertz CT molecular complexity index is 278. The van der Waals surface area contributed by atoms with Crippen LogP contribution in [-0.4, -0.2) is 5.75 Å². The van der Waals surface area contributed by atoms with Crippen molar-refractivity contribution in [1.29, 1.82) is 0 Å². The fourth-order valence-electron chi connectivity index (χ4n) is 0.848. The molecule has 0 aliphatic heterocycles. The molecule has 0 aliphatic rings. The van der Waals surface area contributed by atoms with Crippen LogP contribution in [-0.2, 0) is 0 Å². The Kier molecular flexibility index (Phi) is 3.05. The fourth-order valence-corrected chi connectivity index (χ4v) is 1.06. The molecule has 0 aliphatic carbocycles. The van der Waals surface area contributed by atoms with Crippen LogP contribution < -0.4 is 5.73 Å². The third-order valence-electron chi connectivity index (χ3n) is 1.57. The van der Waals surface area contributed by atoms with Crippen LogP contribution in [0.4, 0.5) is 8.78 Å². The molecule has 0 amide bonds. The molecule has 1 nitrogen and oxygen atoms in total. The van der Waals surface area contributed by atoms with Gasteiger partial charge in [0.05, 0.1) is 0 Å². The normalized spacial score (nSPS) is 13.0. The van der Waals surface area contributed by atoms with Gasteiger partial charge in [0.25, 0.3) is 0 Å². The molecule has 1 aromatic carbocycles. The number of benzene rings is 1. The van der Waals surface area contributed by atoms with Gasteiger partial charge in [0.1, 0.15) is 0 Å². The highest BCUT2D eigenvalue weighted by atomic mass is 32.1. The van der Waals surface area contributed by atoms with Gasteiger partial charge < -0.3 is 5.73 Å². The van der Waals surface area contributed by atoms with E-state index < -0.39 is 11.6 Å². The average Bonchev–Trinajstić information content (AvgIpc) is 2.08. The number of hydrogen-bond donors (Lipinski definition) is 2. The van der Waals surface area contributed by atoms with Gasteiger partial charge in [-0.05, 0) is 17.7 Å². The highest BCUT2D eigenvalue weighted by molar-refractivity contribution is 7.80. The van der Waals surface area contributed by atoms with Crippen molar-refractivity contribution in [3.8, 4) is 0 Å². The number of hydrogen-bond acceptors (Lipinski definition) is 2. The van der Waals surface area contributed by atoms with Crippen LogP contribution in [0.5, 0.6) is 0 Å². The lowest BCUT2D eigenvalue weighted by Gasteiger charge is -2.07. The largest absolute Gasteiger partial charge is 0.323 e. The molecule has 1 unspecified atom stereocenters. The number of rotatable bonds is 2. The molecule has 66 valence electrons. The van der Waals surface area contributed by atoms with Gasteiger partial charge in [0.15, 0.2) is 11.6 Å². The van der Waals surface area contributed by atoms with Crippen LogP contribution in [0, 0.1) is 11.6 Å². The lowest BCUT2D eigenvalue weighted by molar-refractivity contribution is 0.506. The summed E-state index contributed by atoms with van der Waals surface area (Å²) in [4.78, 5) is 0. The topological polar surface area (TPSA) is 26.0 Å². The summed E-state index contributed by atoms with van der Waals surface area (Å²) in [5, 5.41) is 0. The van der Waals surface area contributed by atoms with Crippen molar-refractivity contribution in [1.82, 2.24) is 0 Å². The van der Waals surface area contributed by atoms with Crippen molar-refractivity contribution in [3.63, 3.8) is 0 Å². The molecule has 0 fully saturated rings. The first-order valence-corrected chi connectivity index (χ1v) is 4.09. The standard InChI is InChI=1S/C8H9F2NS/c9-6-2-1-5(3-7(6)10)8(11)4-12/h1-3,8,12H,4,11H2. The fraction of sp³-hybridized carbons (Fsp3) is 0.250. The maximum absolute atomic E-state index is 12.6. The van der Waals surface area contributed by atoms with Crippen LogP contribution in [0.2, 0.25) is 0 Å². The Morgan fingerprint density at radius 1 is 1.33 bits per heavy atom. The SMILES string of the molecule is NC(CS)c1ccc(F)c(F)c1. The summed E-state index contributed by atoms with van der Waals surface area (Å²) in [6, 6.07) is 3.27. The molecule has 1 aromatic rings. The second-order valence-electron chi connectivity index (χ2n) is 2.46. The van der Waals surface area contributed by atoms with E-state index in [0.717, 1.165) is 12.1 Å². The Labute approximate surface area is 75.0 Å². The maximum Gasteiger partial charge on any atom is 0.159 e. The van der Waals surface area contributed by atoms with Crippen molar-refractivity contribution in [3.05, 3.63) is 35.4 Å². The van der Waals surface area contributed by atoms with Gasteiger partial charge in [-0.1, -0.05) is 6.07 Å². The van der Waals surface area contributed by atoms with Crippen molar-refractivity contribution in [2.45, 2.75) is 6.04 Å². The molecule has 0 radical (unpaired) electrons. The molecular formula is C8H9F2NS. The van der Waals surface area contributed by atoms with Gasteiger partial charge in [-0.3, -0.25) is 0 Å². The molecule has 0 aromatic heterocycles. The van der Waals surface area contributed by atoms with Crippen LogP contribution >= 0.6 is 12.6 Å². The van der Waals surface area contributed by atoms with Crippen LogP contribution in [0.15, 0.2) is 18.2 Å². The summed E-state index contributed by atoms with van der Waals surface area (Å²) >= 11 is 3.95. The Morgan fingerprint density at radius 3 is 2.50 bits per heavy atom. The van der Waals surface area contributed by atoms with Crippen LogP contribution in [0.3, 0.4) is 0 Å². The molecule has 2 N–H and O–H groups in total. The van der Waals surface area contributed by atoms with Gasteiger partial charge in [-0.25, -0.2) is 8.78 Å². The lowest BCUT2D eigenvalue weighted by atomic mass is 10.1. The van der Waals surface area contributed by atoms with E-state index in [4.69, 9.17) is 5.73 Å². The number of nitrogens with two attached hydrogens (primary N) is 1. The Hall–Kier alpha value is -0.610. The summed E-state index contributed by atoms with van der Waals surface area (Å²) in [6.07, 6.45) is 0. The predicted octanol–water partition coefficient (Wildman–Crippen LogP) is 1.89. The van der Waals surface area contributed by atoms with Crippen molar-refractivity contribution in [2.24, 2.45) is 5.73 Å². The monoisotopic (exact) mass is 189 g/mol. The van der Waals surface area contributed by atoms with Crippen LogP contribution in [0.1, 0.15) is 11.6 Å². The molecule has 12 heavy (non-hydrogen) atoms. The first-order chi connectivity index (χ1) is 5.65. The summed E-state index contributed by atoms with van der Waals surface area (Å²) in [7, 11) is 0. The lowest BCUT2D eigenvalue weighted by Crippen LogP contribution is -2.12. The summed E-state index contributed by atoms with van der Waals surface area (Å²) in [5.74, 6) is -1.32. The Balaban J connectivity index is 2.96. The van der Waals surface area contributed by atoms with Gasteiger partial charge >= 0.3 is 0 Å². The maximum atomic E-state index is 12.6. The van der Waals surface area contributed by atoms with Gasteiger partial charge in [0, 0.05) is 11.8 Å². The highest BCUT2D eigenvalue weighted by Gasteiger charge is 2.07. The Morgan fingerprint density at radius 2 is 2.00 bits per heavy atom. The molecule has 0 saturated carbocycles. The third kappa shape index (κ3) is 1.95. The predicted molar refractivity (Wildman–Crippen MR) is 47.1 cm³/mol. The second-order valence-corrected chi connectivity index (χ2v) is 2.83. The smallest absolute Gasteiger partial charge is 0.159 e. The molecule has 0 bridgehead atoms. The minimum absolute atomic E-state index is 0.344. The van der Waals surface area contributed by atoms with E-state index in [1.165, 1.54) is 6.07 Å². The summed E-state index contributed by atoms with van der Waals surface area (Å²) < 4.78 is 25.1. The molecular weight excluding hydrogens is 180 g/mol. The number of halogens is 2. The number of thiol groups is 1. The van der Waals surface area contributed by atoms with Crippen molar-refractivity contribution in [2.75, 3.05) is 5.75 Å². The average molecular weight is 189 g/mol. The van der Waals surface area contributed by atoms with E-state index in [2.05, 4.69) is 12.6 Å². The molecule has 4 heteroatoms. The third-order valence-corrected chi connectivity index (χ3v) is 1.96. The molecule has 1 rings (SSSR count). The zero-order chi connectivity index (χ0) is 9.14. The minimum Gasteiger partial charge on any atom is -0.323 e. The first kappa shape index (κ1) is 9.48. The summed E-state index contributed by atoms with van der Waals surface area (Å²) in [6.45, 7) is 0. The van der Waals surface area contributed by atoms with Gasteiger partial charge in [0.2, 0.25) is 0 Å². The first-order valence-electron chi connectivity index (χ1n) is 3.46. The van der Waals surface area contributed by atoms with E-state index in [1.54, 1.807) is 0 Å². The van der Waals surface area contributed by atoms with E-state index in [-0.39, 0.29) is 6.04 Å². The zero-order valence-electron chi connectivity index (χ0n) is 6.30. The highest BCUT2D eigenvalue weighted by Crippen LogP contribution is 2.14. The minimum atomic E-state index is -0.871. The molecule has 0 spiro atoms. The molecule has 1 atom stereocenters. The van der Waals surface area contributed by atoms with Gasteiger partial charge in [-0.2, -0.15) is 12.6 Å². The van der Waals surface area contributed by atoms with E-state index in [1.807, 2.05) is 0 Å². The van der Waals surface area contributed by atoms with E-state index in [0.29, 0.717) is 11.3 Å². The summed E-state index contributed by atoms with van der Waals surface area (Å²) in [5.41, 5.74) is 6.11. The second kappa shape index (κ2) is 3.87. The van der Waals surface area contributed by atoms with Crippen molar-refractivity contribution < 1.29 is 8.78 Å². The van der Waals surface area contributed by atoms with Crippen LogP contribution in [0.25, 0.3) is 0 Å². The quantitative estimate of drug-likeness (QED) is 0.683. The van der Waals surface area contributed by atoms with E-state index >= 15 is 0 Å². The molecule has 0 saturated heterocycles.